The van der Waals surface area contributed by atoms with Crippen LogP contribution in [0.2, 0.25) is 0 Å². The number of rotatable bonds is 2. The average molecular weight is 202 g/mol. The molecule has 8 heteroatoms. The van der Waals surface area contributed by atoms with E-state index in [0.29, 0.717) is 6.92 Å². The van der Waals surface area contributed by atoms with Crippen LogP contribution in [0, 0.1) is 0 Å². The Kier molecular flexibility index (Phi) is 3.06. The third kappa shape index (κ3) is 5.19. The molecule has 0 radical (unpaired) electrons. The summed E-state index contributed by atoms with van der Waals surface area (Å²) in [5.74, 6) is 0. The van der Waals surface area contributed by atoms with Gasteiger partial charge in [0.05, 0.1) is 0 Å². The first-order valence-corrected chi connectivity index (χ1v) is 3.56. The van der Waals surface area contributed by atoms with Crippen molar-refractivity contribution in [2.24, 2.45) is 0 Å². The summed E-state index contributed by atoms with van der Waals surface area (Å²) in [6.45, 7) is 0.306. The number of hydrogen-bond donors (Lipinski definition) is 0. The van der Waals surface area contributed by atoms with Crippen molar-refractivity contribution in [3.63, 3.8) is 0 Å². The van der Waals surface area contributed by atoms with E-state index in [-0.39, 0.29) is 0 Å². The summed E-state index contributed by atoms with van der Waals surface area (Å²) in [5, 5.41) is 0. The predicted octanol–water partition coefficient (Wildman–Crippen LogP) is 3.33. The molecule has 0 saturated carbocycles. The number of alkyl halides is 3. The Labute approximate surface area is 60.7 Å². The van der Waals surface area contributed by atoms with E-state index in [1.165, 1.54) is 0 Å². The summed E-state index contributed by atoms with van der Waals surface area (Å²) < 4.78 is 70.5. The second-order valence-electron chi connectivity index (χ2n) is 1.64. The van der Waals surface area contributed by atoms with Crippen molar-refractivity contribution >= 4 is 11.5 Å². The fourth-order valence-electron chi connectivity index (χ4n) is 0.218. The molecular weight excluding hydrogens is 198 g/mol. The van der Waals surface area contributed by atoms with Gasteiger partial charge in [-0.2, -0.15) is 13.2 Å². The molecule has 0 heterocycles. The van der Waals surface area contributed by atoms with Crippen LogP contribution >= 0.6 is 11.5 Å². The zero-order valence-corrected chi connectivity index (χ0v) is 5.98. The summed E-state index contributed by atoms with van der Waals surface area (Å²) >= 11 is -6.03. The topological polar surface area (TPSA) is 9.23 Å². The number of hydrogen-bond acceptors (Lipinski definition) is 1. The van der Waals surface area contributed by atoms with Crippen LogP contribution < -0.4 is 0 Å². The Bertz CT molecular complexity index is 127. The largest absolute Gasteiger partial charge is 0.415 e. The van der Waals surface area contributed by atoms with Crippen molar-refractivity contribution in [1.29, 1.82) is 0 Å². The minimum absolute atomic E-state index is 0.306. The third-order valence-corrected chi connectivity index (χ3v) is 1.22. The maximum absolute atomic E-state index is 11.4. The summed E-state index contributed by atoms with van der Waals surface area (Å²) in [4.78, 5) is 0. The van der Waals surface area contributed by atoms with Gasteiger partial charge in [-0.3, -0.25) is 0 Å². The van der Waals surface area contributed by atoms with Crippen LogP contribution in [0.25, 0.3) is 0 Å². The van der Waals surface area contributed by atoms with Gasteiger partial charge in [0.15, 0.2) is 6.10 Å². The molecule has 1 atom stereocenters. The molecule has 0 aromatic carbocycles. The zero-order valence-electron chi connectivity index (χ0n) is 5.16. The first kappa shape index (κ1) is 10.9. The van der Waals surface area contributed by atoms with Gasteiger partial charge in [-0.05, 0) is 6.92 Å². The predicted molar refractivity (Wildman–Crippen MR) is 27.5 cm³/mol. The lowest BCUT2D eigenvalue weighted by Crippen LogP contribution is -2.27. The highest BCUT2D eigenvalue weighted by Gasteiger charge is 2.42. The van der Waals surface area contributed by atoms with Gasteiger partial charge in [0.25, 0.3) is 0 Å². The van der Waals surface area contributed by atoms with Gasteiger partial charge in [-0.25, -0.2) is 4.18 Å². The van der Waals surface area contributed by atoms with Crippen LogP contribution in [-0.2, 0) is 4.18 Å². The molecule has 1 unspecified atom stereocenters. The molecule has 70 valence electrons. The van der Waals surface area contributed by atoms with E-state index >= 15 is 0 Å². The fourth-order valence-corrected chi connectivity index (χ4v) is 0.655. The van der Waals surface area contributed by atoms with Crippen LogP contribution in [0.3, 0.4) is 0 Å². The average Bonchev–Trinajstić information content (AvgIpc) is 1.56. The van der Waals surface area contributed by atoms with Gasteiger partial charge in [0.1, 0.15) is 0 Å². The van der Waals surface area contributed by atoms with Gasteiger partial charge >= 0.3 is 17.6 Å². The normalized spacial score (nSPS) is 18.1. The van der Waals surface area contributed by atoms with Crippen molar-refractivity contribution in [3.8, 4) is 0 Å². The minimum atomic E-state index is -6.03. The van der Waals surface area contributed by atoms with E-state index in [0.717, 1.165) is 0 Å². The highest BCUT2D eigenvalue weighted by Crippen LogP contribution is 2.56. The smallest absolute Gasteiger partial charge is 0.248 e. The molecule has 0 aliphatic rings. The fraction of sp³-hybridized carbons (Fsp3) is 1.00. The van der Waals surface area contributed by atoms with Crippen molar-refractivity contribution in [2.75, 3.05) is 0 Å². The Morgan fingerprint density at radius 3 is 1.64 bits per heavy atom. The van der Waals surface area contributed by atoms with E-state index in [4.69, 9.17) is 0 Å². The Morgan fingerprint density at radius 1 is 1.18 bits per heavy atom. The van der Waals surface area contributed by atoms with Gasteiger partial charge in [-0.15, -0.1) is 0 Å². The highest BCUT2D eigenvalue weighted by molar-refractivity contribution is 8.16. The highest BCUT2D eigenvalue weighted by atomic mass is 32.4. The van der Waals surface area contributed by atoms with Gasteiger partial charge in [0.2, 0.25) is 0 Å². The molecule has 0 aromatic rings. The summed E-state index contributed by atoms with van der Waals surface area (Å²) in [5.41, 5.74) is 0. The van der Waals surface area contributed by atoms with Crippen molar-refractivity contribution in [3.05, 3.63) is 0 Å². The van der Waals surface area contributed by atoms with E-state index in [2.05, 4.69) is 4.18 Å². The van der Waals surface area contributed by atoms with Crippen molar-refractivity contribution in [1.82, 2.24) is 0 Å². The zero-order chi connectivity index (χ0) is 9.28. The maximum Gasteiger partial charge on any atom is 0.415 e. The van der Waals surface area contributed by atoms with Crippen LogP contribution in [0.15, 0.2) is 0 Å². The van der Waals surface area contributed by atoms with Gasteiger partial charge < -0.3 is 0 Å². The quantitative estimate of drug-likeness (QED) is 0.624. The molecule has 0 spiro atoms. The summed E-state index contributed by atoms with van der Waals surface area (Å²) in [7, 11) is 0. The minimum Gasteiger partial charge on any atom is -0.248 e. The van der Waals surface area contributed by atoms with E-state index < -0.39 is 23.7 Å². The van der Waals surface area contributed by atoms with Gasteiger partial charge in [-0.1, -0.05) is 11.7 Å². The molecule has 0 N–H and O–H groups in total. The SMILES string of the molecule is CC(OS(F)(F)F)C(F)(F)F. The van der Waals surface area contributed by atoms with Crippen LogP contribution in [-0.4, -0.2) is 12.3 Å². The lowest BCUT2D eigenvalue weighted by atomic mass is 10.4. The third-order valence-electron chi connectivity index (χ3n) is 0.714. The monoisotopic (exact) mass is 202 g/mol. The molecule has 0 aliphatic carbocycles. The van der Waals surface area contributed by atoms with Crippen LogP contribution in [0.4, 0.5) is 24.8 Å². The Hall–Kier alpha value is -0.110. The molecule has 0 saturated heterocycles. The second kappa shape index (κ2) is 3.10. The van der Waals surface area contributed by atoms with Crippen molar-refractivity contribution in [2.45, 2.75) is 19.2 Å². The molecule has 0 amide bonds. The van der Waals surface area contributed by atoms with Crippen molar-refractivity contribution < 1.29 is 29.0 Å². The molecule has 0 aromatic heterocycles. The van der Waals surface area contributed by atoms with E-state index in [9.17, 15) is 24.8 Å². The first-order valence-electron chi connectivity index (χ1n) is 2.30. The number of halogens is 6. The Morgan fingerprint density at radius 2 is 1.55 bits per heavy atom. The second-order valence-corrected chi connectivity index (χ2v) is 2.56. The van der Waals surface area contributed by atoms with Crippen LogP contribution in [0.5, 0.6) is 0 Å². The van der Waals surface area contributed by atoms with E-state index in [1.807, 2.05) is 0 Å². The molecular formula is C3H4F6OS. The maximum atomic E-state index is 11.4. The first-order chi connectivity index (χ1) is 4.63. The lowest BCUT2D eigenvalue weighted by molar-refractivity contribution is -0.189. The Balaban J connectivity index is 3.99. The molecule has 0 bridgehead atoms. The van der Waals surface area contributed by atoms with Crippen LogP contribution in [0.1, 0.15) is 6.92 Å². The molecule has 0 rings (SSSR count). The molecule has 1 nitrogen and oxygen atoms in total. The molecule has 0 aliphatic heterocycles. The molecule has 11 heavy (non-hydrogen) atoms. The van der Waals surface area contributed by atoms with E-state index in [1.54, 1.807) is 0 Å². The van der Waals surface area contributed by atoms with Gasteiger partial charge in [0, 0.05) is 0 Å². The summed E-state index contributed by atoms with van der Waals surface area (Å²) in [6, 6.07) is 0. The molecule has 0 fully saturated rings. The summed E-state index contributed by atoms with van der Waals surface area (Å²) in [6.07, 6.45) is -7.74. The lowest BCUT2D eigenvalue weighted by Gasteiger charge is -2.18. The standard InChI is InChI=1S/C3H4F6OS/c1-2(3(4,5)6)10-11(7,8)9/h2H,1H3.